The molecule has 0 heterocycles. The Bertz CT molecular complexity index is 1960. The van der Waals surface area contributed by atoms with Crippen LogP contribution < -0.4 is 20.4 Å². The summed E-state index contributed by atoms with van der Waals surface area (Å²) >= 11 is 0. The van der Waals surface area contributed by atoms with Crippen LogP contribution >= 0.6 is 0 Å². The van der Waals surface area contributed by atoms with Gasteiger partial charge in [-0.25, -0.2) is 0 Å². The van der Waals surface area contributed by atoms with E-state index in [1.54, 1.807) is 0 Å². The van der Waals surface area contributed by atoms with Crippen molar-refractivity contribution in [1.29, 1.82) is 0 Å². The molecule has 0 aromatic heterocycles. The van der Waals surface area contributed by atoms with Crippen molar-refractivity contribution in [2.24, 2.45) is 0 Å². The highest BCUT2D eigenvalue weighted by molar-refractivity contribution is 5.82. The summed E-state index contributed by atoms with van der Waals surface area (Å²) in [5.41, 5.74) is 11.2. The summed E-state index contributed by atoms with van der Waals surface area (Å²) in [5.74, 6) is -0.166. The van der Waals surface area contributed by atoms with Crippen LogP contribution in [0.5, 0.6) is 0 Å². The van der Waals surface area contributed by atoms with Gasteiger partial charge in [-0.2, -0.15) is 0 Å². The molecule has 2 amide bonds. The van der Waals surface area contributed by atoms with Gasteiger partial charge in [0.15, 0.2) is 0 Å². The number of para-hydroxylation sites is 2. The molecule has 1 aliphatic rings. The van der Waals surface area contributed by atoms with Crippen LogP contribution in [-0.4, -0.2) is 55.2 Å². The molecule has 0 saturated carbocycles. The van der Waals surface area contributed by atoms with Crippen molar-refractivity contribution in [3.63, 3.8) is 0 Å². The Morgan fingerprint density at radius 3 is 2.11 bits per heavy atom. The van der Waals surface area contributed by atoms with Crippen molar-refractivity contribution >= 4 is 23.2 Å². The van der Waals surface area contributed by atoms with Crippen LogP contribution in [0.15, 0.2) is 115 Å². The first-order valence-corrected chi connectivity index (χ1v) is 19.4. The normalized spacial score (nSPS) is 13.8. The van der Waals surface area contributed by atoms with E-state index >= 15 is 0 Å². The van der Waals surface area contributed by atoms with Crippen molar-refractivity contribution in [2.45, 2.75) is 78.7 Å². The summed E-state index contributed by atoms with van der Waals surface area (Å²) in [6, 6.07) is 31.2. The molecule has 54 heavy (non-hydrogen) atoms. The molecule has 0 fully saturated rings. The second-order valence-electron chi connectivity index (χ2n) is 14.9. The molecule has 0 spiro atoms. The van der Waals surface area contributed by atoms with Gasteiger partial charge in [-0.05, 0) is 112 Å². The van der Waals surface area contributed by atoms with Gasteiger partial charge in [-0.15, -0.1) is 0 Å². The fourth-order valence-corrected chi connectivity index (χ4v) is 7.67. The van der Waals surface area contributed by atoms with Gasteiger partial charge in [0.05, 0.1) is 18.6 Å². The minimum atomic E-state index is -0.179. The first kappa shape index (κ1) is 40.1. The number of anilines is 2. The molecule has 7 nitrogen and oxygen atoms in total. The Labute approximate surface area is 322 Å². The molecule has 1 unspecified atom stereocenters. The summed E-state index contributed by atoms with van der Waals surface area (Å²) < 4.78 is 0. The first-order valence-electron chi connectivity index (χ1n) is 19.4. The van der Waals surface area contributed by atoms with Crippen LogP contribution in [0.25, 0.3) is 11.1 Å². The molecule has 0 radical (unpaired) electrons. The van der Waals surface area contributed by atoms with Crippen LogP contribution in [-0.2, 0) is 16.0 Å². The standard InChI is InChI=1S/C47H58N4O3/c1-7-51(44-23-13-9-18-35(44)3)47(5,6)27-16-19-36(4)50(43-22-12-8-17-34(43)2)30-15-14-24-45(53)48-28-29-49-46(54)32-37-25-26-40-38-20-10-11-21-39(38)42(33-52)41(40)31-37/h8-13,16-23,25-27,31,42,52H,7,14-15,24,28-30,32-33H2,1-6H3,(H,48,53)(H,49,54)/b27-16+,36-19+. The number of hydrogen-bond acceptors (Lipinski definition) is 5. The molecular weight excluding hydrogens is 669 g/mol. The van der Waals surface area contributed by atoms with E-state index in [2.05, 4.69) is 147 Å². The minimum absolute atomic E-state index is 0.00788. The van der Waals surface area contributed by atoms with Gasteiger partial charge in [0.25, 0.3) is 0 Å². The van der Waals surface area contributed by atoms with Crippen molar-refractivity contribution < 1.29 is 14.7 Å². The number of rotatable bonds is 18. The third-order valence-electron chi connectivity index (χ3n) is 10.6. The lowest BCUT2D eigenvalue weighted by Gasteiger charge is -2.38. The third-order valence-corrected chi connectivity index (χ3v) is 10.6. The van der Waals surface area contributed by atoms with E-state index < -0.39 is 0 Å². The number of aliphatic hydroxyl groups is 1. The molecule has 1 atom stereocenters. The fourth-order valence-electron chi connectivity index (χ4n) is 7.67. The fraction of sp³-hybridized carbons (Fsp3) is 0.362. The smallest absolute Gasteiger partial charge is 0.224 e. The topological polar surface area (TPSA) is 84.9 Å². The van der Waals surface area contributed by atoms with Gasteiger partial charge >= 0.3 is 0 Å². The molecule has 0 aliphatic heterocycles. The van der Waals surface area contributed by atoms with E-state index in [0.717, 1.165) is 59.4 Å². The zero-order chi connectivity index (χ0) is 38.7. The Kier molecular flexibility index (Phi) is 13.9. The number of fused-ring (bicyclic) bond motifs is 3. The number of nitrogens with zero attached hydrogens (tertiary/aromatic N) is 2. The van der Waals surface area contributed by atoms with E-state index in [0.29, 0.717) is 19.5 Å². The number of aryl methyl sites for hydroxylation is 2. The lowest BCUT2D eigenvalue weighted by atomic mass is 9.96. The van der Waals surface area contributed by atoms with Gasteiger partial charge in [0, 0.05) is 55.6 Å². The monoisotopic (exact) mass is 726 g/mol. The Morgan fingerprint density at radius 2 is 1.43 bits per heavy atom. The molecule has 5 rings (SSSR count). The zero-order valence-corrected chi connectivity index (χ0v) is 33.0. The largest absolute Gasteiger partial charge is 0.395 e. The summed E-state index contributed by atoms with van der Waals surface area (Å²) in [4.78, 5) is 30.2. The van der Waals surface area contributed by atoms with Gasteiger partial charge < -0.3 is 25.5 Å². The van der Waals surface area contributed by atoms with Crippen molar-refractivity contribution in [3.8, 4) is 11.1 Å². The third kappa shape index (κ3) is 9.88. The first-order chi connectivity index (χ1) is 26.0. The average Bonchev–Trinajstić information content (AvgIpc) is 3.47. The number of carbonyl (C=O) groups is 2. The summed E-state index contributed by atoms with van der Waals surface area (Å²) in [6.45, 7) is 15.7. The lowest BCUT2D eigenvalue weighted by Crippen LogP contribution is -2.42. The van der Waals surface area contributed by atoms with Crippen molar-refractivity contribution in [1.82, 2.24) is 10.6 Å². The van der Waals surface area contributed by atoms with Gasteiger partial charge in [0.1, 0.15) is 0 Å². The van der Waals surface area contributed by atoms with E-state index in [9.17, 15) is 14.7 Å². The predicted octanol–water partition coefficient (Wildman–Crippen LogP) is 8.62. The van der Waals surface area contributed by atoms with Crippen LogP contribution in [0.1, 0.15) is 80.7 Å². The number of allylic oxidation sites excluding steroid dienone is 3. The molecular formula is C47H58N4O3. The predicted molar refractivity (Wildman–Crippen MR) is 224 cm³/mol. The Hall–Kier alpha value is -5.14. The second kappa shape index (κ2) is 18.8. The molecule has 3 N–H and O–H groups in total. The molecule has 4 aromatic carbocycles. The summed E-state index contributed by atoms with van der Waals surface area (Å²) in [5, 5.41) is 16.0. The average molecular weight is 727 g/mol. The molecule has 284 valence electrons. The molecule has 0 bridgehead atoms. The number of likely N-dealkylation sites (N-methyl/N-ethyl adjacent to an activating group) is 1. The number of aliphatic hydroxyl groups excluding tert-OH is 1. The molecule has 4 aromatic rings. The summed E-state index contributed by atoms with van der Waals surface area (Å²) in [6.07, 6.45) is 8.94. The van der Waals surface area contributed by atoms with Crippen LogP contribution in [0.4, 0.5) is 11.4 Å². The number of unbranched alkanes of at least 4 members (excludes halogenated alkanes) is 1. The Balaban J connectivity index is 1.07. The minimum Gasteiger partial charge on any atom is -0.395 e. The number of hydrogen-bond donors (Lipinski definition) is 3. The number of amides is 2. The van der Waals surface area contributed by atoms with E-state index in [-0.39, 0.29) is 36.3 Å². The second-order valence-corrected chi connectivity index (χ2v) is 14.9. The number of nitrogens with one attached hydrogen (secondary N) is 2. The molecule has 7 heteroatoms. The maximum absolute atomic E-state index is 12.7. The van der Waals surface area contributed by atoms with Gasteiger partial charge in [-0.3, -0.25) is 9.59 Å². The van der Waals surface area contributed by atoms with Gasteiger partial charge in [-0.1, -0.05) is 91.0 Å². The Morgan fingerprint density at radius 1 is 0.796 bits per heavy atom. The summed E-state index contributed by atoms with van der Waals surface area (Å²) in [7, 11) is 0. The highest BCUT2D eigenvalue weighted by Gasteiger charge is 2.28. The van der Waals surface area contributed by atoms with E-state index in [1.807, 2.05) is 24.3 Å². The highest BCUT2D eigenvalue weighted by Crippen LogP contribution is 2.44. The van der Waals surface area contributed by atoms with Crippen molar-refractivity contribution in [3.05, 3.63) is 143 Å². The molecule has 0 saturated heterocycles. The van der Waals surface area contributed by atoms with Crippen LogP contribution in [0, 0.1) is 13.8 Å². The lowest BCUT2D eigenvalue weighted by molar-refractivity contribution is -0.122. The maximum atomic E-state index is 12.7. The zero-order valence-electron chi connectivity index (χ0n) is 33.0. The van der Waals surface area contributed by atoms with Crippen LogP contribution in [0.2, 0.25) is 0 Å². The number of carbonyl (C=O) groups excluding carboxylic acids is 2. The molecule has 1 aliphatic carbocycles. The quantitative estimate of drug-likeness (QED) is 0.0707. The number of benzene rings is 4. The van der Waals surface area contributed by atoms with Crippen LogP contribution in [0.3, 0.4) is 0 Å². The van der Waals surface area contributed by atoms with E-state index in [1.165, 1.54) is 22.5 Å². The van der Waals surface area contributed by atoms with E-state index in [4.69, 9.17) is 0 Å². The highest BCUT2D eigenvalue weighted by atomic mass is 16.3. The maximum Gasteiger partial charge on any atom is 0.224 e. The van der Waals surface area contributed by atoms with Gasteiger partial charge in [0.2, 0.25) is 11.8 Å². The SMILES string of the molecule is CCN(c1ccccc1C)C(C)(C)/C=C/C=C(\C)N(CCCCC(=O)NCCNC(=O)Cc1ccc2c(c1)C(CO)c1ccccc1-2)c1ccccc1C. The van der Waals surface area contributed by atoms with Crippen molar-refractivity contribution in [2.75, 3.05) is 42.6 Å².